The van der Waals surface area contributed by atoms with Crippen molar-refractivity contribution in [1.29, 1.82) is 0 Å². The Morgan fingerprint density at radius 3 is 2.00 bits per heavy atom. The average molecular weight is 575 g/mol. The summed E-state index contributed by atoms with van der Waals surface area (Å²) in [4.78, 5) is 21.6. The molecule has 7 heteroatoms. The summed E-state index contributed by atoms with van der Waals surface area (Å²) < 4.78 is 10.5. The number of nitrogens with two attached hydrogens (primary N) is 1. The van der Waals surface area contributed by atoms with Crippen molar-refractivity contribution < 1.29 is 14.3 Å². The van der Waals surface area contributed by atoms with Gasteiger partial charge in [0.1, 0.15) is 5.82 Å². The third kappa shape index (κ3) is 22.7. The van der Waals surface area contributed by atoms with Crippen molar-refractivity contribution in [2.45, 2.75) is 95.4 Å². The lowest BCUT2D eigenvalue weighted by molar-refractivity contribution is -0.106. The van der Waals surface area contributed by atoms with Gasteiger partial charge in [-0.2, -0.15) is 0 Å². The highest BCUT2D eigenvalue weighted by Crippen LogP contribution is 2.22. The second-order valence-corrected chi connectivity index (χ2v) is 9.60. The van der Waals surface area contributed by atoms with Gasteiger partial charge in [0, 0.05) is 50.8 Å². The number of aromatic nitrogens is 2. The van der Waals surface area contributed by atoms with Crippen molar-refractivity contribution in [3.8, 4) is 11.3 Å². The Hall–Kier alpha value is -2.64. The predicted molar refractivity (Wildman–Crippen MR) is 178 cm³/mol. The van der Waals surface area contributed by atoms with Crippen molar-refractivity contribution in [2.75, 3.05) is 33.5 Å². The van der Waals surface area contributed by atoms with E-state index < -0.39 is 0 Å². The Labute approximate surface area is 252 Å². The van der Waals surface area contributed by atoms with Crippen LogP contribution in [0.2, 0.25) is 0 Å². The van der Waals surface area contributed by atoms with Crippen LogP contribution in [0.5, 0.6) is 0 Å². The van der Waals surface area contributed by atoms with Gasteiger partial charge in [-0.25, -0.2) is 9.97 Å². The minimum absolute atomic E-state index is 0.250. The highest BCUT2D eigenvalue weighted by Gasteiger charge is 2.10. The van der Waals surface area contributed by atoms with Crippen LogP contribution in [0.3, 0.4) is 0 Å². The molecule has 7 nitrogen and oxygen atoms in total. The number of nitrogens with zero attached hydrogens (tertiary/aromatic N) is 3. The molecule has 1 unspecified atom stereocenters. The molecule has 2 N–H and O–H groups in total. The zero-order valence-corrected chi connectivity index (χ0v) is 28.4. The lowest BCUT2D eigenvalue weighted by Gasteiger charge is -2.16. The first kappa shape index (κ1) is 42.8. The van der Waals surface area contributed by atoms with E-state index in [0.29, 0.717) is 5.92 Å². The molecule has 0 radical (unpaired) electrons. The number of primary amides is 1. The quantitative estimate of drug-likeness (QED) is 0.205. The van der Waals surface area contributed by atoms with Crippen LogP contribution in [-0.2, 0) is 14.3 Å². The van der Waals surface area contributed by atoms with Gasteiger partial charge in [0.05, 0.1) is 11.4 Å². The largest absolute Gasteiger partial charge is 0.381 e. The van der Waals surface area contributed by atoms with E-state index in [-0.39, 0.29) is 6.41 Å². The molecule has 0 bridgehead atoms. The summed E-state index contributed by atoms with van der Waals surface area (Å²) in [5, 5.41) is 0. The maximum atomic E-state index is 8.58. The lowest BCUT2D eigenvalue weighted by Crippen LogP contribution is -2.12. The fourth-order valence-electron chi connectivity index (χ4n) is 3.24. The molecule has 2 aromatic rings. The van der Waals surface area contributed by atoms with Crippen molar-refractivity contribution in [1.82, 2.24) is 9.97 Å². The molecule has 1 fully saturated rings. The number of hydrogen-bond donors (Lipinski definition) is 1. The number of carbonyl (C=O) groups is 1. The number of carbonyl (C=O) groups excluding carboxylic acids is 1. The normalized spacial score (nSPS) is 12.9. The number of ether oxygens (including phenoxy) is 2. The van der Waals surface area contributed by atoms with Crippen LogP contribution >= 0.6 is 0 Å². The van der Waals surface area contributed by atoms with Crippen molar-refractivity contribution in [3.63, 3.8) is 0 Å². The van der Waals surface area contributed by atoms with Gasteiger partial charge in [0.2, 0.25) is 6.41 Å². The second-order valence-electron chi connectivity index (χ2n) is 9.60. The Bertz CT molecular complexity index is 868. The van der Waals surface area contributed by atoms with Crippen LogP contribution in [0.15, 0.2) is 35.3 Å². The molecule has 0 spiro atoms. The number of amides is 1. The van der Waals surface area contributed by atoms with Crippen LogP contribution in [0.1, 0.15) is 98.7 Å². The number of rotatable bonds is 7. The van der Waals surface area contributed by atoms with Gasteiger partial charge in [-0.3, -0.25) is 9.79 Å². The van der Waals surface area contributed by atoms with E-state index in [2.05, 4.69) is 55.3 Å². The molecule has 1 amide bonds. The summed E-state index contributed by atoms with van der Waals surface area (Å²) in [5.74, 6) is 3.15. The van der Waals surface area contributed by atoms with Gasteiger partial charge in [-0.15, -0.1) is 0 Å². The first-order valence-corrected chi connectivity index (χ1v) is 15.3. The summed E-state index contributed by atoms with van der Waals surface area (Å²) in [5.41, 5.74) is 8.16. The molecule has 236 valence electrons. The topological polar surface area (TPSA) is 99.7 Å². The van der Waals surface area contributed by atoms with Crippen molar-refractivity contribution >= 4 is 12.6 Å². The molecule has 1 saturated heterocycles. The number of benzene rings is 1. The molecule has 3 rings (SSSR count). The third-order valence-corrected chi connectivity index (χ3v) is 5.93. The molecule has 1 aliphatic heterocycles. The van der Waals surface area contributed by atoms with Crippen LogP contribution in [0.25, 0.3) is 11.3 Å². The zero-order chi connectivity index (χ0) is 32.1. The molecule has 1 atom stereocenters. The molecule has 0 saturated carbocycles. The van der Waals surface area contributed by atoms with E-state index in [0.717, 1.165) is 73.0 Å². The zero-order valence-electron chi connectivity index (χ0n) is 28.4. The minimum atomic E-state index is 0.250. The first-order chi connectivity index (χ1) is 19.7. The molecule has 1 aliphatic rings. The van der Waals surface area contributed by atoms with Gasteiger partial charge in [-0.1, -0.05) is 92.6 Å². The SMILES string of the molecule is CC.CC.CC1CCOCC1.CCCOCC(C)C(C)C.CN=Cc1c(C)nc(C)nc1-c1ccccc1.NC=O. The highest BCUT2D eigenvalue weighted by molar-refractivity contribution is 5.89. The van der Waals surface area contributed by atoms with Crippen molar-refractivity contribution in [3.05, 3.63) is 47.4 Å². The minimum Gasteiger partial charge on any atom is -0.381 e. The van der Waals surface area contributed by atoms with Gasteiger partial charge in [0.25, 0.3) is 0 Å². The van der Waals surface area contributed by atoms with E-state index >= 15 is 0 Å². The third-order valence-electron chi connectivity index (χ3n) is 5.93. The molecule has 2 heterocycles. The smallest absolute Gasteiger partial charge is 0.204 e. The maximum absolute atomic E-state index is 8.58. The Balaban J connectivity index is -0.000000513. The standard InChI is InChI=1S/C14H15N3.C9H20O.C6H12O.2C2H6.CH3NO/c1-10-13(9-15-3)14(17-11(2)16-10)12-7-5-4-6-8-12;1-5-6-10-7-9(4)8(2)3;1-6-2-4-7-5-3-6;2*1-2;2-1-3/h4-9H,1-3H3;8-9H,5-7H2,1-4H3;6H,2-5H2,1H3;2*1-2H3;1H,(H2,2,3). The Kier molecular flexibility index (Phi) is 31.7. The fraction of sp³-hybridized carbons (Fsp3) is 0.647. The lowest BCUT2D eigenvalue weighted by atomic mass is 9.99. The summed E-state index contributed by atoms with van der Waals surface area (Å²) >= 11 is 0. The highest BCUT2D eigenvalue weighted by atomic mass is 16.5. The van der Waals surface area contributed by atoms with Crippen LogP contribution in [0.4, 0.5) is 0 Å². The summed E-state index contributed by atoms with van der Waals surface area (Å²) in [6, 6.07) is 10.1. The Morgan fingerprint density at radius 2 is 1.59 bits per heavy atom. The molecule has 0 aliphatic carbocycles. The van der Waals surface area contributed by atoms with Gasteiger partial charge >= 0.3 is 0 Å². The summed E-state index contributed by atoms with van der Waals surface area (Å²) in [7, 11) is 1.76. The molecule has 1 aromatic carbocycles. The number of hydrogen-bond acceptors (Lipinski definition) is 6. The van der Waals surface area contributed by atoms with E-state index in [1.165, 1.54) is 12.8 Å². The van der Waals surface area contributed by atoms with E-state index in [4.69, 9.17) is 14.3 Å². The van der Waals surface area contributed by atoms with Gasteiger partial charge < -0.3 is 15.2 Å². The van der Waals surface area contributed by atoms with Gasteiger partial charge in [0.15, 0.2) is 0 Å². The van der Waals surface area contributed by atoms with E-state index in [9.17, 15) is 0 Å². The van der Waals surface area contributed by atoms with Crippen LogP contribution in [-0.4, -0.2) is 56.1 Å². The second kappa shape index (κ2) is 30.3. The first-order valence-electron chi connectivity index (χ1n) is 15.3. The van der Waals surface area contributed by atoms with Crippen LogP contribution in [0, 0.1) is 31.6 Å². The monoisotopic (exact) mass is 574 g/mol. The van der Waals surface area contributed by atoms with Crippen LogP contribution < -0.4 is 5.73 Å². The predicted octanol–water partition coefficient (Wildman–Crippen LogP) is 8.10. The molecule has 41 heavy (non-hydrogen) atoms. The van der Waals surface area contributed by atoms with E-state index in [1.54, 1.807) is 7.05 Å². The molecule has 1 aromatic heterocycles. The van der Waals surface area contributed by atoms with E-state index in [1.807, 2.05) is 78.1 Å². The molecular weight excluding hydrogens is 512 g/mol. The average Bonchev–Trinajstić information content (AvgIpc) is 2.98. The van der Waals surface area contributed by atoms with Crippen molar-refractivity contribution in [2.24, 2.45) is 28.5 Å². The fourth-order valence-corrected chi connectivity index (χ4v) is 3.24. The summed E-state index contributed by atoms with van der Waals surface area (Å²) in [6.45, 7) is 26.8. The number of aryl methyl sites for hydroxylation is 2. The number of aliphatic imine (C=N–C) groups is 1. The molecular formula is C34H62N4O3. The van der Waals surface area contributed by atoms with Gasteiger partial charge in [-0.05, 0) is 50.9 Å². The maximum Gasteiger partial charge on any atom is 0.204 e. The Morgan fingerprint density at radius 1 is 1.05 bits per heavy atom. The summed E-state index contributed by atoms with van der Waals surface area (Å²) in [6.07, 6.45) is 5.72.